The van der Waals surface area contributed by atoms with Gasteiger partial charge in [-0.1, -0.05) is 69.2 Å². The van der Waals surface area contributed by atoms with Gasteiger partial charge in [0.05, 0.1) is 37.5 Å². The number of nitrogens with zero attached hydrogens (tertiary/aromatic N) is 4. The average Bonchev–Trinajstić information content (AvgIpc) is 1.67. The number of thiol groups is 1. The van der Waals surface area contributed by atoms with E-state index < -0.39 is 211 Å². The number of aliphatic imine (C=N–C) groups is 2. The van der Waals surface area contributed by atoms with E-state index in [4.69, 9.17) is 28.7 Å². The maximum Gasteiger partial charge on any atom is 0.328 e. The Morgan fingerprint density at radius 2 is 0.796 bits per heavy atom. The number of rotatable bonds is 49. The van der Waals surface area contributed by atoms with Crippen molar-refractivity contribution in [3.05, 3.63) is 0 Å². The predicted molar refractivity (Wildman–Crippen MR) is 418 cm³/mol. The van der Waals surface area contributed by atoms with E-state index in [0.29, 0.717) is 19.3 Å². The van der Waals surface area contributed by atoms with Crippen molar-refractivity contribution in [3.63, 3.8) is 0 Å². The first-order chi connectivity index (χ1) is 52.8. The number of nitrogens with two attached hydrogens (primary N) is 5. The largest absolute Gasteiger partial charge is 0.480 e. The van der Waals surface area contributed by atoms with Gasteiger partial charge in [-0.15, -0.1) is 0 Å². The number of aliphatic hydroxyl groups excluding tert-OH is 4. The summed E-state index contributed by atoms with van der Waals surface area (Å²) in [6.45, 7) is 19.1. The number of carboxylic acid groups (broad SMARTS) is 1. The molecule has 0 aromatic carbocycles. The fourth-order valence-corrected chi connectivity index (χ4v) is 12.8. The van der Waals surface area contributed by atoms with E-state index in [2.05, 4.69) is 86.4 Å². The molecule has 2 fully saturated rings. The van der Waals surface area contributed by atoms with Crippen LogP contribution in [-0.2, 0) is 71.9 Å². The van der Waals surface area contributed by atoms with Crippen LogP contribution in [0.25, 0.3) is 0 Å². The van der Waals surface area contributed by atoms with E-state index in [-0.39, 0.29) is 125 Å². The van der Waals surface area contributed by atoms with E-state index in [1.807, 2.05) is 13.8 Å². The Kier molecular flexibility index (Phi) is 43.6. The van der Waals surface area contributed by atoms with Crippen molar-refractivity contribution in [2.75, 3.05) is 45.1 Å². The van der Waals surface area contributed by atoms with Crippen LogP contribution >= 0.6 is 12.6 Å². The molecular weight excluding hydrogens is 1500 g/mol. The third-order valence-electron chi connectivity index (χ3n) is 18.4. The molecule has 2 aliphatic heterocycles. The van der Waals surface area contributed by atoms with Gasteiger partial charge in [0.1, 0.15) is 72.5 Å². The molecule has 0 aromatic rings. The number of aliphatic hydroxyl groups is 4. The Bertz CT molecular complexity index is 3280. The molecule has 0 aromatic heterocycles. The summed E-state index contributed by atoms with van der Waals surface area (Å²) in [5, 5.41) is 82.1. The van der Waals surface area contributed by atoms with Gasteiger partial charge in [-0.2, -0.15) is 12.6 Å². The van der Waals surface area contributed by atoms with E-state index in [1.54, 1.807) is 55.4 Å². The minimum atomic E-state index is -1.88. The monoisotopic (exact) mass is 1630 g/mol. The van der Waals surface area contributed by atoms with Gasteiger partial charge in [-0.25, -0.2) is 4.79 Å². The van der Waals surface area contributed by atoms with Crippen LogP contribution < -0.4 is 92.5 Å². The first-order valence-corrected chi connectivity index (χ1v) is 39.0. The van der Waals surface area contributed by atoms with E-state index in [0.717, 1.165) is 13.8 Å². The van der Waals surface area contributed by atoms with Gasteiger partial charge >= 0.3 is 5.97 Å². The molecule has 0 spiro atoms. The molecule has 0 saturated carbocycles. The Labute approximate surface area is 664 Å². The highest BCUT2D eigenvalue weighted by Crippen LogP contribution is 2.27. The maximum absolute atomic E-state index is 14.4. The number of likely N-dealkylation sites (tertiary alicyclic amines) is 2. The molecule has 2 aliphatic rings. The third kappa shape index (κ3) is 34.5. The number of amides is 14. The molecule has 0 radical (unpaired) electrons. The predicted octanol–water partition coefficient (Wildman–Crippen LogP) is -7.16. The van der Waals surface area contributed by atoms with Crippen LogP contribution in [0, 0.1) is 29.6 Å². The van der Waals surface area contributed by atoms with Crippen LogP contribution in [0.5, 0.6) is 0 Å². The van der Waals surface area contributed by atoms with Crippen molar-refractivity contribution < 1.29 is 97.5 Å². The van der Waals surface area contributed by atoms with Crippen molar-refractivity contribution in [1.82, 2.24) is 73.6 Å². The van der Waals surface area contributed by atoms with Gasteiger partial charge < -0.3 is 128 Å². The molecule has 642 valence electrons. The first-order valence-electron chi connectivity index (χ1n) is 38.3. The van der Waals surface area contributed by atoms with Crippen LogP contribution in [-0.4, -0.2) is 284 Å². The third-order valence-corrected chi connectivity index (χ3v) is 18.7. The van der Waals surface area contributed by atoms with Crippen LogP contribution in [0.4, 0.5) is 0 Å². The van der Waals surface area contributed by atoms with E-state index in [1.165, 1.54) is 16.7 Å². The molecule has 2 rings (SSSR count). The molecule has 27 N–H and O–H groups in total. The molecule has 0 unspecified atom stereocenters. The number of nitrogens with one attached hydrogen (secondary N) is 12. The standard InChI is InChI=1S/C71H127N21O20S/c1-33(2)26-41(72)56(98)79-30-51(97)87-52(37(9)10)64(106)80-43(19-15-23-78-71(75)76)58(100)88-53(38(11)94)65(107)81-42(18-14-22-77-70(73)74)57(99)85-47(31-93)62(104)83-46(29-36(7)8)61(103)89-54(39(12)95)66(108)84-45(28-35(5)6)59(101)82-44(27-34(3)4)60(102)86-48(32-113)67(109)92-25-17-21-50(92)68(110)91-24-16-20-49(91)63(105)90-55(40(13)96)69(111)112/h33-50,52-55,93-96,113H,14-32,72H2,1-13H3,(H,79,98)(H,80,106)(H,81,107)(H,82,101)(H,83,104)(H,84,108)(H,85,99)(H,86,102)(H,87,97)(H,88,100)(H,89,103)(H,90,105)(H,111,112)(H4,73,74,77)(H4,75,76,78)/t38-,39-,40-,41+,42+,43+,44+,45+,46+,47+,48+,49+,50+,52+,53+,54+,55+/m1/s1. The topological polar surface area (TPSA) is 663 Å². The maximum atomic E-state index is 14.4. The molecule has 0 aliphatic carbocycles. The molecule has 41 nitrogen and oxygen atoms in total. The second kappa shape index (κ2) is 49.4. The fraction of sp³-hybridized carbons (Fsp3) is 0.761. The smallest absolute Gasteiger partial charge is 0.328 e. The fourth-order valence-electron chi connectivity index (χ4n) is 12.5. The highest BCUT2D eigenvalue weighted by atomic mass is 32.1. The Morgan fingerprint density at radius 3 is 1.19 bits per heavy atom. The average molecular weight is 1630 g/mol. The molecular formula is C71H127N21O20S. The second-order valence-electron chi connectivity index (χ2n) is 30.7. The van der Waals surface area contributed by atoms with Gasteiger partial charge in [0, 0.05) is 31.9 Å². The van der Waals surface area contributed by atoms with E-state index in [9.17, 15) is 97.5 Å². The lowest BCUT2D eigenvalue weighted by molar-refractivity contribution is -0.149. The summed E-state index contributed by atoms with van der Waals surface area (Å²) in [6.07, 6.45) is -4.04. The highest BCUT2D eigenvalue weighted by molar-refractivity contribution is 7.80. The summed E-state index contributed by atoms with van der Waals surface area (Å²) in [5.41, 5.74) is 28.0. The minimum Gasteiger partial charge on any atom is -0.480 e. The number of hydrogen-bond donors (Lipinski definition) is 23. The molecule has 2 heterocycles. The van der Waals surface area contributed by atoms with Crippen LogP contribution in [0.1, 0.15) is 167 Å². The Balaban J connectivity index is 2.41. The lowest BCUT2D eigenvalue weighted by atomic mass is 9.99. The SMILES string of the molecule is CC(C)C[C@H](NC(=O)[C@H](CC(C)C)NC(=O)[C@@H](NC(=O)[C@H](CC(C)C)NC(=O)[C@H](CO)NC(=O)[C@H](CCCN=C(N)N)NC(=O)[C@@H](NC(=O)[C@H](CCCN=C(N)N)NC(=O)[C@@H](NC(=O)CNC(=O)[C@@H](N)CC(C)C)C(C)C)[C@@H](C)O)[C@@H](C)O)C(=O)N[C@@H](CS)C(=O)N1CCC[C@H]1C(=O)N1CCC[C@H]1C(=O)N[C@H](C(=O)O)[C@@H](C)O. The van der Waals surface area contributed by atoms with E-state index >= 15 is 0 Å². The van der Waals surface area contributed by atoms with Gasteiger partial charge in [-0.05, 0) is 127 Å². The Morgan fingerprint density at radius 1 is 0.434 bits per heavy atom. The normalized spacial score (nSPS) is 18.1. The summed E-state index contributed by atoms with van der Waals surface area (Å²) in [5.74, 6) is -16.5. The highest BCUT2D eigenvalue weighted by Gasteiger charge is 2.46. The first kappa shape index (κ1) is 99.8. The zero-order chi connectivity index (χ0) is 86.0. The van der Waals surface area contributed by atoms with Crippen molar-refractivity contribution >= 4 is 113 Å². The van der Waals surface area contributed by atoms with Crippen molar-refractivity contribution in [3.8, 4) is 0 Å². The molecule has 42 heteroatoms. The lowest BCUT2D eigenvalue weighted by Crippen LogP contribution is -2.63. The number of aliphatic carboxylic acids is 1. The summed E-state index contributed by atoms with van der Waals surface area (Å²) < 4.78 is 0. The summed E-state index contributed by atoms with van der Waals surface area (Å²) in [7, 11) is 0. The zero-order valence-corrected chi connectivity index (χ0v) is 68.0. The summed E-state index contributed by atoms with van der Waals surface area (Å²) in [4.78, 5) is 218. The molecule has 17 atom stereocenters. The van der Waals surface area contributed by atoms with Gasteiger partial charge in [0.15, 0.2) is 18.0 Å². The second-order valence-corrected chi connectivity index (χ2v) is 31.1. The minimum absolute atomic E-state index is 0.00102. The number of carbonyl (C=O) groups is 15. The van der Waals surface area contributed by atoms with Gasteiger partial charge in [0.25, 0.3) is 0 Å². The van der Waals surface area contributed by atoms with Crippen molar-refractivity contribution in [2.45, 2.75) is 270 Å². The zero-order valence-electron chi connectivity index (χ0n) is 67.1. The molecule has 113 heavy (non-hydrogen) atoms. The van der Waals surface area contributed by atoms with Gasteiger partial charge in [-0.3, -0.25) is 77.1 Å². The van der Waals surface area contributed by atoms with Crippen molar-refractivity contribution in [2.24, 2.45) is 68.2 Å². The molecule has 14 amide bonds. The van der Waals surface area contributed by atoms with Crippen molar-refractivity contribution in [1.29, 1.82) is 0 Å². The summed E-state index contributed by atoms with van der Waals surface area (Å²) >= 11 is 4.36. The lowest BCUT2D eigenvalue weighted by Gasteiger charge is -2.33. The quantitative estimate of drug-likeness (QED) is 0.0116. The van der Waals surface area contributed by atoms with Crippen LogP contribution in [0.3, 0.4) is 0 Å². The molecule has 0 bridgehead atoms. The molecule has 2 saturated heterocycles. The van der Waals surface area contributed by atoms with Crippen LogP contribution in [0.15, 0.2) is 9.98 Å². The number of carbonyl (C=O) groups excluding carboxylic acids is 14. The van der Waals surface area contributed by atoms with Gasteiger partial charge in [0.2, 0.25) is 82.7 Å². The number of guanidine groups is 2. The number of carboxylic acids is 1. The number of hydrogen-bond acceptors (Lipinski definition) is 23. The summed E-state index contributed by atoms with van der Waals surface area (Å²) in [6, 6.07) is -20.5. The Hall–Kier alpha value is -9.26. The van der Waals surface area contributed by atoms with Crippen LogP contribution in [0.2, 0.25) is 0 Å².